The van der Waals surface area contributed by atoms with Crippen LogP contribution in [0, 0.1) is 0 Å². The van der Waals surface area contributed by atoms with Crippen molar-refractivity contribution in [2.45, 2.75) is 85.5 Å². The molecule has 0 aliphatic heterocycles. The Morgan fingerprint density at radius 2 is 1.58 bits per heavy atom. The third kappa shape index (κ3) is 6.50. The molecule has 1 aromatic heterocycles. The molecule has 196 valence electrons. The van der Waals surface area contributed by atoms with E-state index in [0.29, 0.717) is 29.7 Å². The molecule has 0 radical (unpaired) electrons. The number of phenolic OH excluding ortho intramolecular Hbond substituents is 1. The summed E-state index contributed by atoms with van der Waals surface area (Å²) in [6.07, 6.45) is 2.67. The summed E-state index contributed by atoms with van der Waals surface area (Å²) in [5, 5.41) is 11.1. The quantitative estimate of drug-likeness (QED) is 0.329. The van der Waals surface area contributed by atoms with E-state index in [2.05, 4.69) is 72.5 Å². The molecule has 0 saturated carbocycles. The molecule has 0 aliphatic carbocycles. The molecular formula is C31H44N2O3. The molecule has 0 aliphatic rings. The molecule has 0 amide bonds. The number of hydrogen-bond acceptors (Lipinski definition) is 5. The fourth-order valence-electron chi connectivity index (χ4n) is 4.28. The minimum atomic E-state index is -0.232. The summed E-state index contributed by atoms with van der Waals surface area (Å²) in [7, 11) is 2.15. The Kier molecular flexibility index (Phi) is 8.55. The second-order valence-corrected chi connectivity index (χ2v) is 11.7. The number of phenols is 1. The zero-order valence-corrected chi connectivity index (χ0v) is 23.7. The third-order valence-corrected chi connectivity index (χ3v) is 6.66. The van der Waals surface area contributed by atoms with Crippen molar-refractivity contribution >= 4 is 0 Å². The van der Waals surface area contributed by atoms with Gasteiger partial charge in [0.05, 0.1) is 0 Å². The molecule has 3 aromatic rings. The van der Waals surface area contributed by atoms with Gasteiger partial charge in [-0.2, -0.15) is 4.98 Å². The van der Waals surface area contributed by atoms with E-state index in [-0.39, 0.29) is 10.8 Å². The van der Waals surface area contributed by atoms with Crippen molar-refractivity contribution in [1.29, 1.82) is 0 Å². The van der Waals surface area contributed by atoms with E-state index in [1.54, 1.807) is 0 Å². The van der Waals surface area contributed by atoms with Gasteiger partial charge in [-0.15, -0.1) is 0 Å². The lowest BCUT2D eigenvalue weighted by Gasteiger charge is -2.27. The van der Waals surface area contributed by atoms with Gasteiger partial charge in [-0.05, 0) is 67.6 Å². The summed E-state index contributed by atoms with van der Waals surface area (Å²) >= 11 is 0. The largest absolute Gasteiger partial charge is 0.507 e. The average molecular weight is 493 g/mol. The van der Waals surface area contributed by atoms with Crippen LogP contribution in [0.2, 0.25) is 0 Å². The summed E-state index contributed by atoms with van der Waals surface area (Å²) in [6.45, 7) is 18.9. The number of benzene rings is 2. The number of aromatic hydroxyl groups is 1. The molecule has 5 heteroatoms. The topological polar surface area (TPSA) is 58.7 Å². The van der Waals surface area contributed by atoms with Crippen LogP contribution in [-0.2, 0) is 23.7 Å². The molecular weight excluding hydrogens is 448 g/mol. The monoisotopic (exact) mass is 492 g/mol. The number of hydrogen-bond donors (Lipinski definition) is 1. The van der Waals surface area contributed by atoms with Gasteiger partial charge in [0, 0.05) is 23.1 Å². The number of para-hydroxylation sites is 1. The summed E-state index contributed by atoms with van der Waals surface area (Å²) in [4.78, 5) is 7.12. The fourth-order valence-corrected chi connectivity index (χ4v) is 4.28. The van der Waals surface area contributed by atoms with Gasteiger partial charge in [0.25, 0.3) is 5.88 Å². The Labute approximate surface area is 217 Å². The van der Waals surface area contributed by atoms with Gasteiger partial charge < -0.3 is 19.2 Å². The SMILES string of the molecule is CCc1oc(-c2cc(C(C)(C)C)c(O)c(C(C)(C)C)c2)nc1Oc1ccccc1CCCN(C)CC. The number of nitrogens with zero attached hydrogens (tertiary/aromatic N) is 2. The maximum Gasteiger partial charge on any atom is 0.262 e. The summed E-state index contributed by atoms with van der Waals surface area (Å²) in [5.41, 5.74) is 3.32. The number of rotatable bonds is 9. The first-order valence-corrected chi connectivity index (χ1v) is 13.2. The highest BCUT2D eigenvalue weighted by molar-refractivity contribution is 5.63. The molecule has 5 nitrogen and oxygen atoms in total. The fraction of sp³-hybridized carbons (Fsp3) is 0.516. The first-order valence-electron chi connectivity index (χ1n) is 13.2. The van der Waals surface area contributed by atoms with Gasteiger partial charge in [-0.1, -0.05) is 73.6 Å². The van der Waals surface area contributed by atoms with Crippen molar-refractivity contribution in [2.75, 3.05) is 20.1 Å². The van der Waals surface area contributed by atoms with E-state index in [9.17, 15) is 5.11 Å². The lowest BCUT2D eigenvalue weighted by atomic mass is 9.78. The van der Waals surface area contributed by atoms with E-state index in [0.717, 1.165) is 48.4 Å². The van der Waals surface area contributed by atoms with Crippen LogP contribution < -0.4 is 4.74 Å². The zero-order chi connectivity index (χ0) is 26.7. The third-order valence-electron chi connectivity index (χ3n) is 6.66. The van der Waals surface area contributed by atoms with Gasteiger partial charge in [0.15, 0.2) is 5.76 Å². The predicted octanol–water partition coefficient (Wildman–Crippen LogP) is 7.88. The molecule has 0 bridgehead atoms. The van der Waals surface area contributed by atoms with Crippen LogP contribution in [0.3, 0.4) is 0 Å². The molecule has 0 atom stereocenters. The molecule has 0 saturated heterocycles. The normalized spacial score (nSPS) is 12.4. The summed E-state index contributed by atoms with van der Waals surface area (Å²) in [5.74, 6) is 2.91. The van der Waals surface area contributed by atoms with Crippen molar-refractivity contribution in [3.8, 4) is 28.8 Å². The smallest absolute Gasteiger partial charge is 0.262 e. The van der Waals surface area contributed by atoms with Gasteiger partial charge >= 0.3 is 0 Å². The molecule has 36 heavy (non-hydrogen) atoms. The van der Waals surface area contributed by atoms with Crippen LogP contribution in [0.5, 0.6) is 17.4 Å². The van der Waals surface area contributed by atoms with Crippen molar-refractivity contribution in [3.63, 3.8) is 0 Å². The van der Waals surface area contributed by atoms with Crippen LogP contribution >= 0.6 is 0 Å². The average Bonchev–Trinajstić information content (AvgIpc) is 3.21. The van der Waals surface area contributed by atoms with E-state index in [1.807, 2.05) is 31.2 Å². The van der Waals surface area contributed by atoms with Crippen LogP contribution in [0.25, 0.3) is 11.5 Å². The van der Waals surface area contributed by atoms with Crippen LogP contribution in [0.4, 0.5) is 0 Å². The highest BCUT2D eigenvalue weighted by atomic mass is 16.5. The maximum atomic E-state index is 11.1. The van der Waals surface area contributed by atoms with Crippen LogP contribution in [0.15, 0.2) is 40.8 Å². The number of oxazole rings is 1. The molecule has 1 heterocycles. The number of aromatic nitrogens is 1. The van der Waals surface area contributed by atoms with E-state index < -0.39 is 0 Å². The zero-order valence-electron chi connectivity index (χ0n) is 23.7. The van der Waals surface area contributed by atoms with Gasteiger partial charge in [-0.25, -0.2) is 0 Å². The van der Waals surface area contributed by atoms with E-state index in [1.165, 1.54) is 5.56 Å². The van der Waals surface area contributed by atoms with Crippen molar-refractivity contribution in [2.24, 2.45) is 0 Å². The van der Waals surface area contributed by atoms with Crippen molar-refractivity contribution < 1.29 is 14.3 Å². The standard InChI is InChI=1S/C31H44N2O3/c1-10-25-29(36-26-17-13-12-15-21(26)16-14-18-33(9)11-2)32-28(35-25)22-19-23(30(3,4)5)27(34)24(20-22)31(6,7)8/h12-13,15,17,19-20,34H,10-11,14,16,18H2,1-9H3. The Morgan fingerprint density at radius 3 is 2.14 bits per heavy atom. The minimum Gasteiger partial charge on any atom is -0.507 e. The lowest BCUT2D eigenvalue weighted by Crippen LogP contribution is -2.19. The predicted molar refractivity (Wildman–Crippen MR) is 148 cm³/mol. The summed E-state index contributed by atoms with van der Waals surface area (Å²) in [6, 6.07) is 12.2. The van der Waals surface area contributed by atoms with Gasteiger partial charge in [0.1, 0.15) is 11.5 Å². The Balaban J connectivity index is 1.99. The van der Waals surface area contributed by atoms with E-state index in [4.69, 9.17) is 14.1 Å². The molecule has 1 N–H and O–H groups in total. The van der Waals surface area contributed by atoms with Crippen molar-refractivity contribution in [3.05, 3.63) is 58.8 Å². The number of ether oxygens (including phenoxy) is 1. The molecule has 0 spiro atoms. The highest BCUT2D eigenvalue weighted by Crippen LogP contribution is 2.42. The first kappa shape index (κ1) is 27.8. The van der Waals surface area contributed by atoms with Crippen LogP contribution in [0.1, 0.15) is 84.3 Å². The summed E-state index contributed by atoms with van der Waals surface area (Å²) < 4.78 is 12.6. The maximum absolute atomic E-state index is 11.1. The molecule has 2 aromatic carbocycles. The minimum absolute atomic E-state index is 0.232. The molecule has 3 rings (SSSR count). The van der Waals surface area contributed by atoms with Crippen molar-refractivity contribution in [1.82, 2.24) is 9.88 Å². The molecule has 0 unspecified atom stereocenters. The second kappa shape index (κ2) is 11.1. The number of aryl methyl sites for hydroxylation is 2. The van der Waals surface area contributed by atoms with E-state index >= 15 is 0 Å². The Bertz CT molecular complexity index is 1130. The molecule has 0 fully saturated rings. The Morgan fingerprint density at radius 1 is 0.972 bits per heavy atom. The highest BCUT2D eigenvalue weighted by Gasteiger charge is 2.28. The van der Waals surface area contributed by atoms with Crippen LogP contribution in [-0.4, -0.2) is 35.1 Å². The first-order chi connectivity index (χ1) is 16.8. The van der Waals surface area contributed by atoms with Gasteiger partial charge in [0.2, 0.25) is 5.89 Å². The lowest BCUT2D eigenvalue weighted by molar-refractivity contribution is 0.346. The second-order valence-electron chi connectivity index (χ2n) is 11.7. The van der Waals surface area contributed by atoms with Gasteiger partial charge in [-0.3, -0.25) is 0 Å². The Hall–Kier alpha value is -2.79.